The summed E-state index contributed by atoms with van der Waals surface area (Å²) < 4.78 is 0. The Morgan fingerprint density at radius 2 is 1.94 bits per heavy atom. The van der Waals surface area contributed by atoms with E-state index in [0.29, 0.717) is 6.54 Å². The third kappa shape index (κ3) is 5.07. The van der Waals surface area contributed by atoms with E-state index in [2.05, 4.69) is 17.4 Å². The summed E-state index contributed by atoms with van der Waals surface area (Å²) in [5.41, 5.74) is 12.6. The predicted octanol–water partition coefficient (Wildman–Crippen LogP) is 1.01. The van der Waals surface area contributed by atoms with Crippen LogP contribution in [-0.2, 0) is 6.54 Å². The van der Waals surface area contributed by atoms with Crippen LogP contribution in [0, 0.1) is 0 Å². The summed E-state index contributed by atoms with van der Waals surface area (Å²) >= 11 is 0. The van der Waals surface area contributed by atoms with Crippen molar-refractivity contribution in [3.8, 4) is 0 Å². The summed E-state index contributed by atoms with van der Waals surface area (Å²) in [6.07, 6.45) is 4.00. The molecule has 0 amide bonds. The van der Waals surface area contributed by atoms with Crippen LogP contribution in [0.25, 0.3) is 0 Å². The van der Waals surface area contributed by atoms with Gasteiger partial charge in [-0.15, -0.1) is 0 Å². The highest BCUT2D eigenvalue weighted by atomic mass is 14.9. The SMILES string of the molecule is CC(N)C=CC(CN)NCc1ccccc1. The first-order chi connectivity index (χ1) is 7.72. The fraction of sp³-hybridized carbons (Fsp3) is 0.385. The molecule has 0 saturated heterocycles. The van der Waals surface area contributed by atoms with Gasteiger partial charge < -0.3 is 16.8 Å². The van der Waals surface area contributed by atoms with Crippen molar-refractivity contribution in [2.45, 2.75) is 25.6 Å². The minimum Gasteiger partial charge on any atom is -0.329 e. The molecule has 0 saturated carbocycles. The molecule has 0 aliphatic rings. The maximum atomic E-state index is 5.67. The van der Waals surface area contributed by atoms with Crippen LogP contribution in [0.1, 0.15) is 12.5 Å². The van der Waals surface area contributed by atoms with Gasteiger partial charge in [-0.25, -0.2) is 0 Å². The number of nitrogens with one attached hydrogen (secondary N) is 1. The van der Waals surface area contributed by atoms with Crippen LogP contribution in [0.3, 0.4) is 0 Å². The fourth-order valence-electron chi connectivity index (χ4n) is 1.38. The van der Waals surface area contributed by atoms with E-state index in [1.165, 1.54) is 5.56 Å². The Labute approximate surface area is 97.5 Å². The van der Waals surface area contributed by atoms with Crippen molar-refractivity contribution in [2.24, 2.45) is 11.5 Å². The summed E-state index contributed by atoms with van der Waals surface area (Å²) in [4.78, 5) is 0. The van der Waals surface area contributed by atoms with Gasteiger partial charge in [-0.05, 0) is 12.5 Å². The van der Waals surface area contributed by atoms with Crippen molar-refractivity contribution < 1.29 is 0 Å². The van der Waals surface area contributed by atoms with E-state index in [0.717, 1.165) is 6.54 Å². The van der Waals surface area contributed by atoms with Crippen LogP contribution in [0.2, 0.25) is 0 Å². The highest BCUT2D eigenvalue weighted by Crippen LogP contribution is 1.98. The zero-order chi connectivity index (χ0) is 11.8. The molecule has 0 bridgehead atoms. The molecule has 1 aromatic carbocycles. The van der Waals surface area contributed by atoms with Gasteiger partial charge in [0, 0.05) is 25.2 Å². The van der Waals surface area contributed by atoms with Gasteiger partial charge in [0.15, 0.2) is 0 Å². The van der Waals surface area contributed by atoms with E-state index >= 15 is 0 Å². The molecular formula is C13H21N3. The highest BCUT2D eigenvalue weighted by Gasteiger charge is 2.01. The van der Waals surface area contributed by atoms with Crippen LogP contribution in [0.15, 0.2) is 42.5 Å². The number of rotatable bonds is 6. The van der Waals surface area contributed by atoms with E-state index < -0.39 is 0 Å². The molecule has 0 aromatic heterocycles. The lowest BCUT2D eigenvalue weighted by Gasteiger charge is -2.13. The van der Waals surface area contributed by atoms with Gasteiger partial charge in [-0.3, -0.25) is 0 Å². The van der Waals surface area contributed by atoms with Gasteiger partial charge >= 0.3 is 0 Å². The van der Waals surface area contributed by atoms with Crippen LogP contribution < -0.4 is 16.8 Å². The van der Waals surface area contributed by atoms with Crippen molar-refractivity contribution in [2.75, 3.05) is 6.54 Å². The van der Waals surface area contributed by atoms with Crippen molar-refractivity contribution >= 4 is 0 Å². The highest BCUT2D eigenvalue weighted by molar-refractivity contribution is 5.14. The second kappa shape index (κ2) is 7.17. The minimum atomic E-state index is 0.0765. The van der Waals surface area contributed by atoms with Crippen molar-refractivity contribution in [1.82, 2.24) is 5.32 Å². The Kier molecular flexibility index (Phi) is 5.78. The van der Waals surface area contributed by atoms with Crippen LogP contribution >= 0.6 is 0 Å². The monoisotopic (exact) mass is 219 g/mol. The molecule has 0 radical (unpaired) electrons. The maximum absolute atomic E-state index is 5.67. The number of hydrogen-bond donors (Lipinski definition) is 3. The summed E-state index contributed by atoms with van der Waals surface area (Å²) in [6.45, 7) is 3.35. The van der Waals surface area contributed by atoms with Crippen molar-refractivity contribution in [1.29, 1.82) is 0 Å². The molecule has 0 heterocycles. The molecule has 3 heteroatoms. The second-order valence-electron chi connectivity index (χ2n) is 3.95. The summed E-state index contributed by atoms with van der Waals surface area (Å²) in [7, 11) is 0. The van der Waals surface area contributed by atoms with E-state index in [1.807, 2.05) is 37.3 Å². The first kappa shape index (κ1) is 12.9. The molecule has 0 spiro atoms. The normalized spacial score (nSPS) is 15.2. The lowest BCUT2D eigenvalue weighted by Crippen LogP contribution is -2.34. The summed E-state index contributed by atoms with van der Waals surface area (Å²) in [5.74, 6) is 0. The second-order valence-corrected chi connectivity index (χ2v) is 3.95. The van der Waals surface area contributed by atoms with E-state index in [-0.39, 0.29) is 12.1 Å². The fourth-order valence-corrected chi connectivity index (χ4v) is 1.38. The lowest BCUT2D eigenvalue weighted by atomic mass is 10.2. The Morgan fingerprint density at radius 1 is 1.25 bits per heavy atom. The summed E-state index contributed by atoms with van der Waals surface area (Å²) in [6, 6.07) is 10.5. The molecule has 0 aliphatic heterocycles. The van der Waals surface area contributed by atoms with E-state index in [9.17, 15) is 0 Å². The number of benzene rings is 1. The Morgan fingerprint density at radius 3 is 2.50 bits per heavy atom. The standard InChI is InChI=1S/C13H21N3/c1-11(15)7-8-13(9-14)16-10-12-5-3-2-4-6-12/h2-8,11,13,16H,9-10,14-15H2,1H3. The average molecular weight is 219 g/mol. The third-order valence-electron chi connectivity index (χ3n) is 2.31. The molecule has 3 nitrogen and oxygen atoms in total. The predicted molar refractivity (Wildman–Crippen MR) is 68.9 cm³/mol. The van der Waals surface area contributed by atoms with Gasteiger partial charge in [-0.2, -0.15) is 0 Å². The van der Waals surface area contributed by atoms with Crippen molar-refractivity contribution in [3.63, 3.8) is 0 Å². The van der Waals surface area contributed by atoms with Gasteiger partial charge in [0.2, 0.25) is 0 Å². The maximum Gasteiger partial charge on any atom is 0.0377 e. The molecule has 2 atom stereocenters. The molecule has 16 heavy (non-hydrogen) atoms. The number of nitrogens with two attached hydrogens (primary N) is 2. The van der Waals surface area contributed by atoms with Crippen LogP contribution in [-0.4, -0.2) is 18.6 Å². The van der Waals surface area contributed by atoms with Gasteiger partial charge in [0.1, 0.15) is 0 Å². The van der Waals surface area contributed by atoms with E-state index in [4.69, 9.17) is 11.5 Å². The molecule has 1 aromatic rings. The quantitative estimate of drug-likeness (QED) is 0.626. The number of hydrogen-bond acceptors (Lipinski definition) is 3. The molecule has 1 rings (SSSR count). The summed E-state index contributed by atoms with van der Waals surface area (Å²) in [5, 5.41) is 3.37. The van der Waals surface area contributed by atoms with Crippen molar-refractivity contribution in [3.05, 3.63) is 48.0 Å². The molecule has 0 aliphatic carbocycles. The van der Waals surface area contributed by atoms with Crippen LogP contribution in [0.5, 0.6) is 0 Å². The third-order valence-corrected chi connectivity index (χ3v) is 2.31. The van der Waals surface area contributed by atoms with Crippen LogP contribution in [0.4, 0.5) is 0 Å². The first-order valence-corrected chi connectivity index (χ1v) is 5.63. The smallest absolute Gasteiger partial charge is 0.0377 e. The zero-order valence-electron chi connectivity index (χ0n) is 9.77. The Balaban J connectivity index is 2.40. The molecule has 0 fully saturated rings. The molecule has 2 unspecified atom stereocenters. The topological polar surface area (TPSA) is 64.1 Å². The molecular weight excluding hydrogens is 198 g/mol. The van der Waals surface area contributed by atoms with E-state index in [1.54, 1.807) is 0 Å². The zero-order valence-corrected chi connectivity index (χ0v) is 9.77. The molecule has 5 N–H and O–H groups in total. The minimum absolute atomic E-state index is 0.0765. The largest absolute Gasteiger partial charge is 0.329 e. The van der Waals surface area contributed by atoms with Gasteiger partial charge in [0.25, 0.3) is 0 Å². The Hall–Kier alpha value is -1.16. The lowest BCUT2D eigenvalue weighted by molar-refractivity contribution is 0.597. The van der Waals surface area contributed by atoms with Gasteiger partial charge in [-0.1, -0.05) is 42.5 Å². The Bertz CT molecular complexity index is 306. The average Bonchev–Trinajstić information content (AvgIpc) is 2.30. The molecule has 88 valence electrons. The van der Waals surface area contributed by atoms with Gasteiger partial charge in [0.05, 0.1) is 0 Å². The first-order valence-electron chi connectivity index (χ1n) is 5.63.